The molecule has 0 fully saturated rings. The number of amides is 1. The number of rotatable bonds is 10. The first-order chi connectivity index (χ1) is 17.4. The smallest absolute Gasteiger partial charge is 0.311 e. The van der Waals surface area contributed by atoms with Gasteiger partial charge in [0.15, 0.2) is 0 Å². The first kappa shape index (κ1) is 31.3. The van der Waals surface area contributed by atoms with Gasteiger partial charge in [0.1, 0.15) is 5.82 Å². The molecule has 2 N–H and O–H groups in total. The number of benzene rings is 2. The van der Waals surface area contributed by atoms with Crippen molar-refractivity contribution >= 4 is 27.6 Å². The summed E-state index contributed by atoms with van der Waals surface area (Å²) in [6, 6.07) is 12.2. The van der Waals surface area contributed by atoms with Crippen molar-refractivity contribution in [1.29, 1.82) is 0 Å². The highest BCUT2D eigenvalue weighted by atomic mass is 32.2. The number of hydrogen-bond donors (Lipinski definition) is 2. The Balaban J connectivity index is 2.12. The molecular formula is C29H41FN2O5S. The summed E-state index contributed by atoms with van der Waals surface area (Å²) >= 11 is 0. The minimum atomic E-state index is -3.63. The molecular weight excluding hydrogens is 507 g/mol. The molecule has 0 spiro atoms. The molecule has 9 heteroatoms. The Bertz CT molecular complexity index is 1230. The Labute approximate surface area is 226 Å². The number of halogens is 1. The average molecular weight is 549 g/mol. The molecule has 0 bridgehead atoms. The van der Waals surface area contributed by atoms with Gasteiger partial charge in [0, 0.05) is 12.5 Å². The molecule has 0 radical (unpaired) electrons. The highest BCUT2D eigenvalue weighted by molar-refractivity contribution is 7.92. The van der Waals surface area contributed by atoms with Gasteiger partial charge in [0.2, 0.25) is 15.9 Å². The second-order valence-electron chi connectivity index (χ2n) is 11.9. The number of nitrogens with one attached hydrogen (secondary N) is 2. The fraction of sp³-hybridized carbons (Fsp3) is 0.517. The second-order valence-corrected chi connectivity index (χ2v) is 13.7. The fourth-order valence-corrected chi connectivity index (χ4v) is 4.27. The Morgan fingerprint density at radius 1 is 1.00 bits per heavy atom. The molecule has 210 valence electrons. The topological polar surface area (TPSA) is 102 Å². The Hall–Kier alpha value is -2.94. The van der Waals surface area contributed by atoms with Crippen LogP contribution in [0.2, 0.25) is 0 Å². The molecule has 2 atom stereocenters. The maximum atomic E-state index is 14.4. The predicted molar refractivity (Wildman–Crippen MR) is 149 cm³/mol. The maximum absolute atomic E-state index is 14.4. The maximum Gasteiger partial charge on any atom is 0.311 e. The Morgan fingerprint density at radius 3 is 2.11 bits per heavy atom. The molecule has 0 aliphatic carbocycles. The summed E-state index contributed by atoms with van der Waals surface area (Å²) in [6.45, 7) is 13.9. The van der Waals surface area contributed by atoms with Crippen LogP contribution in [0.4, 0.5) is 10.1 Å². The number of sulfonamides is 1. The van der Waals surface area contributed by atoms with E-state index in [2.05, 4.69) is 55.1 Å². The molecule has 0 aromatic heterocycles. The highest BCUT2D eigenvalue weighted by Gasteiger charge is 2.25. The summed E-state index contributed by atoms with van der Waals surface area (Å²) in [6.07, 6.45) is 1.53. The van der Waals surface area contributed by atoms with Gasteiger partial charge in [-0.2, -0.15) is 0 Å². The van der Waals surface area contributed by atoms with E-state index in [4.69, 9.17) is 4.74 Å². The second kappa shape index (κ2) is 12.3. The highest BCUT2D eigenvalue weighted by Crippen LogP contribution is 2.25. The minimum Gasteiger partial charge on any atom is -0.465 e. The van der Waals surface area contributed by atoms with Crippen molar-refractivity contribution in [3.8, 4) is 0 Å². The zero-order chi connectivity index (χ0) is 28.9. The molecule has 0 heterocycles. The number of ether oxygens (including phenoxy) is 1. The van der Waals surface area contributed by atoms with Crippen LogP contribution in [0, 0.1) is 17.2 Å². The minimum absolute atomic E-state index is 0.0306. The van der Waals surface area contributed by atoms with Gasteiger partial charge in [-0.1, -0.05) is 51.1 Å². The third kappa shape index (κ3) is 9.74. The van der Waals surface area contributed by atoms with Gasteiger partial charge < -0.3 is 10.1 Å². The number of esters is 1. The normalized spacial score (nSPS) is 13.9. The number of carbonyl (C=O) groups is 2. The van der Waals surface area contributed by atoms with Crippen molar-refractivity contribution in [1.82, 2.24) is 5.32 Å². The van der Waals surface area contributed by atoms with E-state index in [1.807, 2.05) is 0 Å². The molecule has 2 aromatic carbocycles. The standard InChI is InChI=1S/C29H41FN2O5S/c1-19(22-11-14-25(24(30)16-22)32-38(8,35)36)26(33)31-17-21(18-37-27(34)29(5,6)7)15-20-9-12-23(13-10-20)28(2,3)4/h9-14,16,19,21,32H,15,17-18H2,1-8H3,(H,31,33)/t19-,21-/m0/s1. The van der Waals surface area contributed by atoms with Crippen LogP contribution in [-0.4, -0.2) is 39.7 Å². The first-order valence-electron chi connectivity index (χ1n) is 12.7. The summed E-state index contributed by atoms with van der Waals surface area (Å²) in [4.78, 5) is 25.3. The van der Waals surface area contributed by atoms with Gasteiger partial charge in [-0.3, -0.25) is 14.3 Å². The van der Waals surface area contributed by atoms with Gasteiger partial charge >= 0.3 is 5.97 Å². The van der Waals surface area contributed by atoms with E-state index in [9.17, 15) is 22.4 Å². The molecule has 0 aliphatic heterocycles. The third-order valence-electron chi connectivity index (χ3n) is 6.15. The fourth-order valence-electron chi connectivity index (χ4n) is 3.71. The number of carbonyl (C=O) groups excluding carboxylic acids is 2. The van der Waals surface area contributed by atoms with Crippen LogP contribution in [0.3, 0.4) is 0 Å². The van der Waals surface area contributed by atoms with Gasteiger partial charge in [-0.25, -0.2) is 12.8 Å². The summed E-state index contributed by atoms with van der Waals surface area (Å²) in [7, 11) is -3.63. The average Bonchev–Trinajstić information content (AvgIpc) is 2.79. The SMILES string of the molecule is C[C@H](C(=O)NC[C@@H](COC(=O)C(C)(C)C)Cc1ccc(C(C)(C)C)cc1)c1ccc(NS(C)(=O)=O)c(F)c1. The van der Waals surface area contributed by atoms with E-state index in [-0.39, 0.29) is 42.0 Å². The van der Waals surface area contributed by atoms with Gasteiger partial charge in [0.05, 0.1) is 29.9 Å². The summed E-state index contributed by atoms with van der Waals surface area (Å²) in [5, 5.41) is 2.91. The summed E-state index contributed by atoms with van der Waals surface area (Å²) < 4.78 is 44.9. The number of hydrogen-bond acceptors (Lipinski definition) is 5. The first-order valence-corrected chi connectivity index (χ1v) is 14.6. The molecule has 0 saturated heterocycles. The van der Waals surface area contributed by atoms with Gasteiger partial charge in [0.25, 0.3) is 0 Å². The third-order valence-corrected chi connectivity index (χ3v) is 6.74. The van der Waals surface area contributed by atoms with E-state index < -0.39 is 27.2 Å². The van der Waals surface area contributed by atoms with Crippen LogP contribution in [0.15, 0.2) is 42.5 Å². The Kier molecular flexibility index (Phi) is 10.1. The van der Waals surface area contributed by atoms with E-state index in [0.29, 0.717) is 12.0 Å². The molecule has 7 nitrogen and oxygen atoms in total. The lowest BCUT2D eigenvalue weighted by atomic mass is 9.86. The zero-order valence-corrected chi connectivity index (χ0v) is 24.5. The van der Waals surface area contributed by atoms with Crippen LogP contribution in [0.25, 0.3) is 0 Å². The van der Waals surface area contributed by atoms with E-state index in [1.165, 1.54) is 17.7 Å². The lowest BCUT2D eigenvalue weighted by Gasteiger charge is -2.23. The van der Waals surface area contributed by atoms with Crippen molar-refractivity contribution in [3.05, 3.63) is 65.0 Å². The van der Waals surface area contributed by atoms with E-state index in [0.717, 1.165) is 17.9 Å². The van der Waals surface area contributed by atoms with E-state index >= 15 is 0 Å². The lowest BCUT2D eigenvalue weighted by molar-refractivity contribution is -0.154. The van der Waals surface area contributed by atoms with Gasteiger partial charge in [-0.15, -0.1) is 0 Å². The summed E-state index contributed by atoms with van der Waals surface area (Å²) in [5.74, 6) is -2.25. The Morgan fingerprint density at radius 2 is 1.61 bits per heavy atom. The molecule has 0 saturated carbocycles. The van der Waals surface area contributed by atoms with Gasteiger partial charge in [-0.05, 0) is 68.4 Å². The van der Waals surface area contributed by atoms with E-state index in [1.54, 1.807) is 27.7 Å². The molecule has 38 heavy (non-hydrogen) atoms. The quantitative estimate of drug-likeness (QED) is 0.399. The zero-order valence-electron chi connectivity index (χ0n) is 23.6. The van der Waals surface area contributed by atoms with Crippen molar-refractivity contribution in [2.75, 3.05) is 24.1 Å². The summed E-state index contributed by atoms with van der Waals surface area (Å²) in [5.41, 5.74) is 1.90. The van der Waals surface area contributed by atoms with Crippen LogP contribution < -0.4 is 10.0 Å². The van der Waals surface area contributed by atoms with Crippen LogP contribution in [-0.2, 0) is 36.2 Å². The van der Waals surface area contributed by atoms with Crippen molar-refractivity contribution in [3.63, 3.8) is 0 Å². The number of anilines is 1. The molecule has 2 aromatic rings. The van der Waals surface area contributed by atoms with Crippen LogP contribution in [0.1, 0.15) is 71.1 Å². The van der Waals surface area contributed by atoms with Crippen LogP contribution >= 0.6 is 0 Å². The largest absolute Gasteiger partial charge is 0.465 e. The molecule has 1 amide bonds. The lowest BCUT2D eigenvalue weighted by Crippen LogP contribution is -2.36. The van der Waals surface area contributed by atoms with Crippen molar-refractivity contribution in [2.45, 2.75) is 66.2 Å². The molecule has 0 aliphatic rings. The molecule has 2 rings (SSSR count). The van der Waals surface area contributed by atoms with Crippen molar-refractivity contribution < 1.29 is 27.1 Å². The monoisotopic (exact) mass is 548 g/mol. The van der Waals surface area contributed by atoms with Crippen molar-refractivity contribution in [2.24, 2.45) is 11.3 Å². The predicted octanol–water partition coefficient (Wildman–Crippen LogP) is 5.16. The van der Waals surface area contributed by atoms with Crippen LogP contribution in [0.5, 0.6) is 0 Å². The molecule has 0 unspecified atom stereocenters.